The van der Waals surface area contributed by atoms with E-state index in [0.29, 0.717) is 31.5 Å². The molecule has 0 radical (unpaired) electrons. The van der Waals surface area contributed by atoms with Gasteiger partial charge in [-0.25, -0.2) is 13.2 Å². The van der Waals surface area contributed by atoms with E-state index in [-0.39, 0.29) is 10.5 Å². The van der Waals surface area contributed by atoms with Crippen LogP contribution < -0.4 is 5.32 Å². The zero-order chi connectivity index (χ0) is 23.3. The molecule has 0 aromatic heterocycles. The first kappa shape index (κ1) is 23.9. The molecule has 0 aliphatic carbocycles. The van der Waals surface area contributed by atoms with Crippen LogP contribution in [-0.2, 0) is 26.1 Å². The largest absolute Gasteiger partial charge is 0.452 e. The quantitative estimate of drug-likeness (QED) is 0.644. The summed E-state index contributed by atoms with van der Waals surface area (Å²) in [4.78, 5) is 24.4. The molecule has 1 N–H and O–H groups in total. The highest BCUT2D eigenvalue weighted by Gasteiger charge is 2.31. The predicted octanol–water partition coefficient (Wildman–Crippen LogP) is 3.13. The van der Waals surface area contributed by atoms with Crippen LogP contribution >= 0.6 is 0 Å². The molecule has 3 rings (SSSR count). The summed E-state index contributed by atoms with van der Waals surface area (Å²) in [7, 11) is -3.62. The van der Waals surface area contributed by atoms with Crippen molar-refractivity contribution in [3.05, 3.63) is 65.2 Å². The number of rotatable bonds is 7. The van der Waals surface area contributed by atoms with Gasteiger partial charge in [0, 0.05) is 19.6 Å². The molecule has 0 saturated carbocycles. The highest BCUT2D eigenvalue weighted by atomic mass is 32.2. The highest BCUT2D eigenvalue weighted by molar-refractivity contribution is 7.89. The van der Waals surface area contributed by atoms with Crippen LogP contribution in [0.25, 0.3) is 0 Å². The Labute approximate surface area is 189 Å². The average Bonchev–Trinajstić information content (AvgIpc) is 2.76. The molecule has 0 bridgehead atoms. The van der Waals surface area contributed by atoms with Crippen molar-refractivity contribution in [3.63, 3.8) is 0 Å². The van der Waals surface area contributed by atoms with Gasteiger partial charge in [0.25, 0.3) is 5.91 Å². The fraction of sp³-hybridized carbons (Fsp3) is 0.417. The third-order valence-corrected chi connectivity index (χ3v) is 7.35. The van der Waals surface area contributed by atoms with E-state index >= 15 is 0 Å². The number of piperidine rings is 1. The maximum Gasteiger partial charge on any atom is 0.338 e. The smallest absolute Gasteiger partial charge is 0.338 e. The molecule has 1 fully saturated rings. The molecule has 1 amide bonds. The minimum Gasteiger partial charge on any atom is -0.452 e. The van der Waals surface area contributed by atoms with Crippen molar-refractivity contribution in [2.75, 3.05) is 19.7 Å². The molecule has 7 nitrogen and oxygen atoms in total. The van der Waals surface area contributed by atoms with Gasteiger partial charge in [0.1, 0.15) is 0 Å². The lowest BCUT2D eigenvalue weighted by atomic mass is 9.94. The number of hydrogen-bond acceptors (Lipinski definition) is 5. The van der Waals surface area contributed by atoms with E-state index in [2.05, 4.69) is 5.32 Å². The Bertz CT molecular complexity index is 1040. The number of esters is 1. The minimum atomic E-state index is -3.62. The first-order chi connectivity index (χ1) is 15.1. The Morgan fingerprint density at radius 2 is 1.59 bits per heavy atom. The van der Waals surface area contributed by atoms with Crippen LogP contribution in [0.5, 0.6) is 0 Å². The van der Waals surface area contributed by atoms with Gasteiger partial charge >= 0.3 is 5.97 Å². The zero-order valence-electron chi connectivity index (χ0n) is 18.7. The molecule has 0 spiro atoms. The van der Waals surface area contributed by atoms with Crippen LogP contribution in [0.3, 0.4) is 0 Å². The van der Waals surface area contributed by atoms with Gasteiger partial charge in [-0.15, -0.1) is 0 Å². The van der Waals surface area contributed by atoms with E-state index in [1.165, 1.54) is 28.6 Å². The molecule has 1 aliphatic rings. The van der Waals surface area contributed by atoms with Gasteiger partial charge in [0.05, 0.1) is 10.5 Å². The Morgan fingerprint density at radius 3 is 2.19 bits per heavy atom. The average molecular weight is 459 g/mol. The molecule has 2 aromatic rings. The number of amides is 1. The normalized spacial score (nSPS) is 19.3. The lowest BCUT2D eigenvalue weighted by Gasteiger charge is -2.34. The van der Waals surface area contributed by atoms with Crippen molar-refractivity contribution in [2.45, 2.75) is 38.6 Å². The second-order valence-corrected chi connectivity index (χ2v) is 10.6. The van der Waals surface area contributed by atoms with Gasteiger partial charge in [-0.05, 0) is 55.0 Å². The molecule has 1 saturated heterocycles. The van der Waals surface area contributed by atoms with E-state index in [1.54, 1.807) is 0 Å². The van der Waals surface area contributed by atoms with Crippen LogP contribution in [0.4, 0.5) is 0 Å². The summed E-state index contributed by atoms with van der Waals surface area (Å²) in [5, 5.41) is 2.70. The number of benzene rings is 2. The first-order valence-corrected chi connectivity index (χ1v) is 12.2. The molecule has 2 atom stereocenters. The Kier molecular flexibility index (Phi) is 7.69. The second-order valence-electron chi connectivity index (χ2n) is 8.63. The lowest BCUT2D eigenvalue weighted by Crippen LogP contribution is -2.42. The molecule has 172 valence electrons. The van der Waals surface area contributed by atoms with E-state index in [4.69, 9.17) is 4.74 Å². The maximum atomic E-state index is 12.9. The Morgan fingerprint density at radius 1 is 1.00 bits per heavy atom. The van der Waals surface area contributed by atoms with Gasteiger partial charge in [-0.3, -0.25) is 4.79 Å². The number of hydrogen-bond donors (Lipinski definition) is 1. The monoisotopic (exact) mass is 458 g/mol. The van der Waals surface area contributed by atoms with Crippen molar-refractivity contribution < 1.29 is 22.7 Å². The SMILES string of the molecule is Cc1ccc(CNC(=O)COC(=O)c2ccc(S(=O)(=O)N3CC(C)CC(C)C3)cc2)cc1. The van der Waals surface area contributed by atoms with Gasteiger partial charge in [0.2, 0.25) is 10.0 Å². The fourth-order valence-electron chi connectivity index (χ4n) is 3.89. The fourth-order valence-corrected chi connectivity index (χ4v) is 5.57. The minimum absolute atomic E-state index is 0.145. The summed E-state index contributed by atoms with van der Waals surface area (Å²) in [6.07, 6.45) is 1.01. The molecule has 1 aliphatic heterocycles. The second kappa shape index (κ2) is 10.3. The van der Waals surface area contributed by atoms with Crippen molar-refractivity contribution >= 4 is 21.9 Å². The van der Waals surface area contributed by atoms with E-state index in [1.807, 2.05) is 45.0 Å². The molecule has 8 heteroatoms. The van der Waals surface area contributed by atoms with Crippen LogP contribution in [-0.4, -0.2) is 44.3 Å². The molecule has 2 aromatic carbocycles. The molecule has 32 heavy (non-hydrogen) atoms. The summed E-state index contributed by atoms with van der Waals surface area (Å²) < 4.78 is 32.4. The van der Waals surface area contributed by atoms with Crippen molar-refractivity contribution in [3.8, 4) is 0 Å². The highest BCUT2D eigenvalue weighted by Crippen LogP contribution is 2.26. The van der Waals surface area contributed by atoms with Crippen LogP contribution in [0.1, 0.15) is 41.8 Å². The van der Waals surface area contributed by atoms with Crippen molar-refractivity contribution in [2.24, 2.45) is 11.8 Å². The number of carbonyl (C=O) groups is 2. The number of ether oxygens (including phenoxy) is 1. The van der Waals surface area contributed by atoms with Gasteiger partial charge in [-0.1, -0.05) is 43.7 Å². The maximum absolute atomic E-state index is 12.9. The molecule has 2 unspecified atom stereocenters. The van der Waals surface area contributed by atoms with Crippen LogP contribution in [0.15, 0.2) is 53.4 Å². The molecule has 1 heterocycles. The van der Waals surface area contributed by atoms with E-state index < -0.39 is 28.5 Å². The topological polar surface area (TPSA) is 92.8 Å². The summed E-state index contributed by atoms with van der Waals surface area (Å²) >= 11 is 0. The summed E-state index contributed by atoms with van der Waals surface area (Å²) in [5.41, 5.74) is 2.27. The molecular formula is C24H30N2O5S. The number of aryl methyl sites for hydroxylation is 1. The predicted molar refractivity (Wildman–Crippen MR) is 121 cm³/mol. The lowest BCUT2D eigenvalue weighted by molar-refractivity contribution is -0.124. The van der Waals surface area contributed by atoms with Gasteiger partial charge < -0.3 is 10.1 Å². The Balaban J connectivity index is 1.53. The number of sulfonamides is 1. The first-order valence-electron chi connectivity index (χ1n) is 10.7. The van der Waals surface area contributed by atoms with Crippen molar-refractivity contribution in [1.82, 2.24) is 9.62 Å². The van der Waals surface area contributed by atoms with E-state index in [0.717, 1.165) is 17.5 Å². The van der Waals surface area contributed by atoms with E-state index in [9.17, 15) is 18.0 Å². The zero-order valence-corrected chi connectivity index (χ0v) is 19.5. The van der Waals surface area contributed by atoms with Crippen molar-refractivity contribution in [1.29, 1.82) is 0 Å². The third-order valence-electron chi connectivity index (χ3n) is 5.51. The number of carbonyl (C=O) groups excluding carboxylic acids is 2. The summed E-state index contributed by atoms with van der Waals surface area (Å²) in [6.45, 7) is 7.01. The summed E-state index contributed by atoms with van der Waals surface area (Å²) in [6, 6.07) is 13.4. The third kappa shape index (κ3) is 6.17. The number of nitrogens with one attached hydrogen (secondary N) is 1. The van der Waals surface area contributed by atoms with Crippen LogP contribution in [0, 0.1) is 18.8 Å². The Hall–Kier alpha value is -2.71. The van der Waals surface area contributed by atoms with Crippen LogP contribution in [0.2, 0.25) is 0 Å². The molecular weight excluding hydrogens is 428 g/mol. The standard InChI is InChI=1S/C24H30N2O5S/c1-17-4-6-20(7-5-17)13-25-23(27)16-31-24(28)21-8-10-22(11-9-21)32(29,30)26-14-18(2)12-19(3)15-26/h4-11,18-19H,12-16H2,1-3H3,(H,25,27). The number of nitrogens with zero attached hydrogens (tertiary/aromatic N) is 1. The van der Waals surface area contributed by atoms with Gasteiger partial charge in [-0.2, -0.15) is 4.31 Å². The summed E-state index contributed by atoms with van der Waals surface area (Å²) in [5.74, 6) is -0.481. The van der Waals surface area contributed by atoms with Gasteiger partial charge in [0.15, 0.2) is 6.61 Å².